The Balaban J connectivity index is 1.09. The van der Waals surface area contributed by atoms with Crippen LogP contribution >= 0.6 is 0 Å². The van der Waals surface area contributed by atoms with Crippen LogP contribution in [0.25, 0.3) is 10.8 Å². The number of benzene rings is 4. The molecule has 5 aromatic rings. The SMILES string of the molecule is CC(C)(N)C(=O)NC(COCc1ccccc1)C(=O)Nc1cn(C(C(=O)N2CCC(CCc3ccc4ccccc4c3)CC2)c2ccccc2)cn1. The smallest absolute Gasteiger partial charge is 0.250 e. The molecule has 2 unspecified atom stereocenters. The lowest BCUT2D eigenvalue weighted by Crippen LogP contribution is -2.56. The molecule has 2 heterocycles. The molecule has 1 fully saturated rings. The Morgan fingerprint density at radius 2 is 1.56 bits per heavy atom. The maximum atomic E-state index is 14.2. The summed E-state index contributed by atoms with van der Waals surface area (Å²) in [5, 5.41) is 8.04. The van der Waals surface area contributed by atoms with Gasteiger partial charge in [-0.05, 0) is 72.9 Å². The molecular formula is C42H48N6O4. The molecule has 6 rings (SSSR count). The largest absolute Gasteiger partial charge is 0.374 e. The summed E-state index contributed by atoms with van der Waals surface area (Å²) in [6.45, 7) is 4.70. The lowest BCUT2D eigenvalue weighted by atomic mass is 9.89. The van der Waals surface area contributed by atoms with E-state index in [0.29, 0.717) is 19.0 Å². The van der Waals surface area contributed by atoms with E-state index in [1.165, 1.54) is 16.3 Å². The first-order valence-corrected chi connectivity index (χ1v) is 18.0. The van der Waals surface area contributed by atoms with Crippen molar-refractivity contribution in [2.75, 3.05) is 25.0 Å². The van der Waals surface area contributed by atoms with Crippen molar-refractivity contribution >= 4 is 34.3 Å². The third-order valence-electron chi connectivity index (χ3n) is 9.68. The van der Waals surface area contributed by atoms with Gasteiger partial charge in [-0.3, -0.25) is 14.4 Å². The van der Waals surface area contributed by atoms with Crippen molar-refractivity contribution in [2.45, 2.75) is 63.8 Å². The number of nitrogens with two attached hydrogens (primary N) is 1. The molecule has 3 amide bonds. The number of carbonyl (C=O) groups is 3. The molecule has 4 aromatic carbocycles. The van der Waals surface area contributed by atoms with Crippen molar-refractivity contribution < 1.29 is 19.1 Å². The van der Waals surface area contributed by atoms with Gasteiger partial charge in [-0.15, -0.1) is 0 Å². The molecule has 2 atom stereocenters. The number of anilines is 1. The van der Waals surface area contributed by atoms with Crippen LogP contribution in [-0.4, -0.2) is 63.4 Å². The first-order valence-electron chi connectivity index (χ1n) is 18.0. The number of ether oxygens (including phenoxy) is 1. The van der Waals surface area contributed by atoms with E-state index in [-0.39, 0.29) is 24.9 Å². The van der Waals surface area contributed by atoms with E-state index in [9.17, 15) is 14.4 Å². The number of fused-ring (bicyclic) bond motifs is 1. The zero-order chi connectivity index (χ0) is 36.5. The minimum absolute atomic E-state index is 0.0147. The highest BCUT2D eigenvalue weighted by Gasteiger charge is 2.32. The normalized spacial score (nSPS) is 14.9. The summed E-state index contributed by atoms with van der Waals surface area (Å²) >= 11 is 0. The molecule has 0 radical (unpaired) electrons. The Labute approximate surface area is 305 Å². The summed E-state index contributed by atoms with van der Waals surface area (Å²) in [6.07, 6.45) is 7.22. The number of amides is 3. The third kappa shape index (κ3) is 9.51. The summed E-state index contributed by atoms with van der Waals surface area (Å²) in [5.41, 5.74) is 7.92. The van der Waals surface area contributed by atoms with Gasteiger partial charge in [0.05, 0.1) is 25.1 Å². The summed E-state index contributed by atoms with van der Waals surface area (Å²) in [7, 11) is 0. The molecule has 4 N–H and O–H groups in total. The highest BCUT2D eigenvalue weighted by molar-refractivity contribution is 5.98. The van der Waals surface area contributed by atoms with Crippen LogP contribution in [0.4, 0.5) is 5.82 Å². The molecule has 1 aliphatic rings. The lowest BCUT2D eigenvalue weighted by molar-refractivity contribution is -0.135. The zero-order valence-electron chi connectivity index (χ0n) is 29.9. The van der Waals surface area contributed by atoms with Crippen molar-refractivity contribution in [3.05, 3.63) is 132 Å². The molecule has 270 valence electrons. The van der Waals surface area contributed by atoms with E-state index in [2.05, 4.69) is 58.1 Å². The van der Waals surface area contributed by atoms with E-state index in [1.54, 1.807) is 30.9 Å². The molecule has 0 bridgehead atoms. The number of aromatic nitrogens is 2. The van der Waals surface area contributed by atoms with Gasteiger partial charge in [0.2, 0.25) is 11.8 Å². The summed E-state index contributed by atoms with van der Waals surface area (Å²) in [6, 6.07) is 32.6. The Kier molecular flexibility index (Phi) is 11.8. The van der Waals surface area contributed by atoms with Gasteiger partial charge >= 0.3 is 0 Å². The quantitative estimate of drug-likeness (QED) is 0.133. The molecule has 0 saturated carbocycles. The van der Waals surface area contributed by atoms with Crippen LogP contribution < -0.4 is 16.4 Å². The third-order valence-corrected chi connectivity index (χ3v) is 9.68. The van der Waals surface area contributed by atoms with Gasteiger partial charge in [-0.25, -0.2) is 4.98 Å². The van der Waals surface area contributed by atoms with Gasteiger partial charge in [0.1, 0.15) is 12.1 Å². The van der Waals surface area contributed by atoms with E-state index >= 15 is 0 Å². The second kappa shape index (κ2) is 16.8. The highest BCUT2D eigenvalue weighted by Crippen LogP contribution is 2.28. The maximum absolute atomic E-state index is 14.2. The van der Waals surface area contributed by atoms with E-state index in [1.807, 2.05) is 65.6 Å². The number of nitrogens with zero attached hydrogens (tertiary/aromatic N) is 3. The van der Waals surface area contributed by atoms with Crippen LogP contribution in [0.3, 0.4) is 0 Å². The Bertz CT molecular complexity index is 1950. The summed E-state index contributed by atoms with van der Waals surface area (Å²) < 4.78 is 7.56. The van der Waals surface area contributed by atoms with Gasteiger partial charge in [0.15, 0.2) is 5.82 Å². The molecule has 1 aliphatic heterocycles. The highest BCUT2D eigenvalue weighted by atomic mass is 16.5. The fourth-order valence-electron chi connectivity index (χ4n) is 6.61. The minimum Gasteiger partial charge on any atom is -0.374 e. The molecule has 10 heteroatoms. The number of rotatable bonds is 14. The predicted molar refractivity (Wildman–Crippen MR) is 203 cm³/mol. The molecule has 1 aromatic heterocycles. The number of aryl methyl sites for hydroxylation is 1. The summed E-state index contributed by atoms with van der Waals surface area (Å²) in [4.78, 5) is 46.9. The molecule has 0 aliphatic carbocycles. The van der Waals surface area contributed by atoms with Crippen LogP contribution in [0, 0.1) is 5.92 Å². The van der Waals surface area contributed by atoms with Gasteiger partial charge in [0, 0.05) is 19.3 Å². The van der Waals surface area contributed by atoms with Gasteiger partial charge in [0.25, 0.3) is 5.91 Å². The van der Waals surface area contributed by atoms with Crippen LogP contribution in [-0.2, 0) is 32.1 Å². The van der Waals surface area contributed by atoms with Crippen LogP contribution in [0.1, 0.15) is 55.8 Å². The number of imidazole rings is 1. The first-order chi connectivity index (χ1) is 25.1. The Hall–Kier alpha value is -5.32. The van der Waals surface area contributed by atoms with E-state index in [0.717, 1.165) is 36.8 Å². The molecule has 0 spiro atoms. The average Bonchev–Trinajstić information content (AvgIpc) is 3.61. The predicted octanol–water partition coefficient (Wildman–Crippen LogP) is 5.87. The topological polar surface area (TPSA) is 132 Å². The standard InChI is InChI=1S/C42H48N6O4/c1-42(2,43)41(51)45-36(28-52-27-32-11-5-3-6-12-32)39(49)46-37-26-48(29-44-37)38(34-14-7-4-8-15-34)40(50)47-23-21-30(22-24-47)17-18-31-19-20-33-13-9-10-16-35(33)25-31/h3-16,19-20,25-26,29-30,36,38H,17-18,21-24,27-28,43H2,1-2H3,(H,45,51)(H,46,49). The van der Waals surface area contributed by atoms with Crippen LogP contribution in [0.2, 0.25) is 0 Å². The number of piperidine rings is 1. The van der Waals surface area contributed by atoms with Crippen LogP contribution in [0.5, 0.6) is 0 Å². The van der Waals surface area contributed by atoms with Crippen molar-refractivity contribution in [3.63, 3.8) is 0 Å². The maximum Gasteiger partial charge on any atom is 0.250 e. The van der Waals surface area contributed by atoms with Crippen molar-refractivity contribution in [3.8, 4) is 0 Å². The van der Waals surface area contributed by atoms with Crippen molar-refractivity contribution in [2.24, 2.45) is 11.7 Å². The Morgan fingerprint density at radius 1 is 0.885 bits per heavy atom. The van der Waals surface area contributed by atoms with Crippen molar-refractivity contribution in [1.82, 2.24) is 19.8 Å². The molecule has 1 saturated heterocycles. The van der Waals surface area contributed by atoms with Gasteiger partial charge in [-0.2, -0.15) is 0 Å². The molecular weight excluding hydrogens is 652 g/mol. The number of carbonyl (C=O) groups excluding carboxylic acids is 3. The fourth-order valence-corrected chi connectivity index (χ4v) is 6.61. The number of hydrogen-bond acceptors (Lipinski definition) is 6. The summed E-state index contributed by atoms with van der Waals surface area (Å²) in [5.74, 6) is -0.215. The van der Waals surface area contributed by atoms with Gasteiger partial charge in [-0.1, -0.05) is 103 Å². The second-order valence-corrected chi connectivity index (χ2v) is 14.2. The molecule has 10 nitrogen and oxygen atoms in total. The molecule has 52 heavy (non-hydrogen) atoms. The minimum atomic E-state index is -1.20. The number of nitrogens with one attached hydrogen (secondary N) is 2. The Morgan fingerprint density at radius 3 is 2.27 bits per heavy atom. The van der Waals surface area contributed by atoms with Crippen molar-refractivity contribution in [1.29, 1.82) is 0 Å². The van der Waals surface area contributed by atoms with Gasteiger partial charge < -0.3 is 30.6 Å². The first kappa shape index (κ1) is 36.5. The monoisotopic (exact) mass is 700 g/mol. The van der Waals surface area contributed by atoms with E-state index in [4.69, 9.17) is 10.5 Å². The lowest BCUT2D eigenvalue weighted by Gasteiger charge is -2.34. The number of likely N-dealkylation sites (tertiary alicyclic amines) is 1. The average molecular weight is 701 g/mol. The van der Waals surface area contributed by atoms with E-state index < -0.39 is 29.4 Å². The van der Waals surface area contributed by atoms with Crippen LogP contribution in [0.15, 0.2) is 116 Å². The zero-order valence-corrected chi connectivity index (χ0v) is 29.9. The number of hydrogen-bond donors (Lipinski definition) is 3. The fraction of sp³-hybridized carbons (Fsp3) is 0.333. The second-order valence-electron chi connectivity index (χ2n) is 14.2.